The molecule has 2 fully saturated rings. The number of benzene rings is 1. The summed E-state index contributed by atoms with van der Waals surface area (Å²) in [4.78, 5) is 40.8. The number of nitrogens with zero attached hydrogens (tertiary/aromatic N) is 4. The first-order chi connectivity index (χ1) is 17.3. The number of fused-ring (bicyclic) bond motifs is 1. The molecule has 0 radical (unpaired) electrons. The van der Waals surface area contributed by atoms with Crippen molar-refractivity contribution < 1.29 is 19.1 Å². The predicted molar refractivity (Wildman–Crippen MR) is 132 cm³/mol. The zero-order valence-corrected chi connectivity index (χ0v) is 21.1. The van der Waals surface area contributed by atoms with E-state index in [9.17, 15) is 14.4 Å². The highest BCUT2D eigenvalue weighted by Gasteiger charge is 2.39. The first-order valence-electron chi connectivity index (χ1n) is 12.7. The number of hydrogen-bond donors (Lipinski definition) is 2. The predicted octanol–water partition coefficient (Wildman–Crippen LogP) is 1.20. The van der Waals surface area contributed by atoms with Crippen LogP contribution in [0, 0.1) is 0 Å². The maximum Gasteiger partial charge on any atom is 0.255 e. The molecule has 2 saturated heterocycles. The van der Waals surface area contributed by atoms with Crippen LogP contribution in [0.1, 0.15) is 54.7 Å². The summed E-state index contributed by atoms with van der Waals surface area (Å²) in [6, 6.07) is 7.52. The zero-order valence-electron chi connectivity index (χ0n) is 21.1. The van der Waals surface area contributed by atoms with Crippen LogP contribution in [0.15, 0.2) is 30.5 Å². The first-order valence-corrected chi connectivity index (χ1v) is 12.7. The number of imide groups is 1. The van der Waals surface area contributed by atoms with Gasteiger partial charge in [0.05, 0.1) is 5.69 Å². The lowest BCUT2D eigenvalue weighted by molar-refractivity contribution is -0.136. The number of carbonyl (C=O) groups is 3. The van der Waals surface area contributed by atoms with Crippen molar-refractivity contribution in [2.45, 2.75) is 70.4 Å². The second kappa shape index (κ2) is 10.0. The summed E-state index contributed by atoms with van der Waals surface area (Å²) in [5.41, 5.74) is 2.47. The number of aromatic nitrogens is 2. The molecule has 1 aromatic carbocycles. The van der Waals surface area contributed by atoms with Crippen molar-refractivity contribution in [3.8, 4) is 5.75 Å². The summed E-state index contributed by atoms with van der Waals surface area (Å²) in [5.74, 6) is -0.150. The molecule has 5 rings (SSSR count). The van der Waals surface area contributed by atoms with E-state index < -0.39 is 11.9 Å². The monoisotopic (exact) mass is 494 g/mol. The van der Waals surface area contributed by atoms with Gasteiger partial charge >= 0.3 is 0 Å². The van der Waals surface area contributed by atoms with Gasteiger partial charge in [-0.2, -0.15) is 5.10 Å². The van der Waals surface area contributed by atoms with E-state index in [1.54, 1.807) is 11.0 Å². The number of nitrogens with one attached hydrogen (secondary N) is 2. The van der Waals surface area contributed by atoms with Crippen molar-refractivity contribution >= 4 is 17.7 Å². The second-order valence-electron chi connectivity index (χ2n) is 10.3. The van der Waals surface area contributed by atoms with E-state index in [4.69, 9.17) is 4.74 Å². The molecule has 2 aromatic rings. The molecule has 3 atom stereocenters. The Labute approximate surface area is 210 Å². The molecule has 3 amide bonds. The van der Waals surface area contributed by atoms with Crippen LogP contribution in [0.3, 0.4) is 0 Å². The van der Waals surface area contributed by atoms with Crippen LogP contribution >= 0.6 is 0 Å². The van der Waals surface area contributed by atoms with Crippen molar-refractivity contribution in [2.24, 2.45) is 7.05 Å². The van der Waals surface area contributed by atoms with Crippen molar-refractivity contribution in [1.82, 2.24) is 30.2 Å². The Kier molecular flexibility index (Phi) is 6.81. The molecule has 1 aromatic heterocycles. The van der Waals surface area contributed by atoms with E-state index in [0.717, 1.165) is 37.3 Å². The Balaban J connectivity index is 1.29. The molecule has 0 spiro atoms. The van der Waals surface area contributed by atoms with Crippen LogP contribution in [-0.4, -0.2) is 74.6 Å². The number of amides is 3. The Morgan fingerprint density at radius 3 is 2.75 bits per heavy atom. The zero-order chi connectivity index (χ0) is 25.4. The molecule has 192 valence electrons. The van der Waals surface area contributed by atoms with Gasteiger partial charge < -0.3 is 15.0 Å². The molecule has 0 bridgehead atoms. The number of ether oxygens (including phenoxy) is 1. The van der Waals surface area contributed by atoms with Gasteiger partial charge in [0.1, 0.15) is 17.9 Å². The summed E-state index contributed by atoms with van der Waals surface area (Å²) in [7, 11) is 1.92. The lowest BCUT2D eigenvalue weighted by Gasteiger charge is -2.39. The van der Waals surface area contributed by atoms with Crippen LogP contribution in [0.2, 0.25) is 0 Å². The van der Waals surface area contributed by atoms with E-state index in [0.29, 0.717) is 30.3 Å². The van der Waals surface area contributed by atoms with Crippen LogP contribution in [-0.2, 0) is 29.7 Å². The first kappa shape index (κ1) is 24.5. The normalized spacial score (nSPS) is 24.8. The van der Waals surface area contributed by atoms with Gasteiger partial charge in [-0.05, 0) is 42.7 Å². The van der Waals surface area contributed by atoms with Gasteiger partial charge in [0.15, 0.2) is 0 Å². The Morgan fingerprint density at radius 1 is 1.19 bits per heavy atom. The van der Waals surface area contributed by atoms with Crippen molar-refractivity contribution in [1.29, 1.82) is 0 Å². The topological polar surface area (TPSA) is 109 Å². The van der Waals surface area contributed by atoms with Crippen LogP contribution in [0.25, 0.3) is 0 Å². The summed E-state index contributed by atoms with van der Waals surface area (Å²) in [6.45, 7) is 7.11. The molecule has 10 heteroatoms. The van der Waals surface area contributed by atoms with Crippen molar-refractivity contribution in [3.05, 3.63) is 47.3 Å². The molecule has 10 nitrogen and oxygen atoms in total. The average Bonchev–Trinajstić information content (AvgIpc) is 3.37. The van der Waals surface area contributed by atoms with Gasteiger partial charge in [-0.1, -0.05) is 13.8 Å². The Hall–Kier alpha value is -3.24. The molecule has 4 heterocycles. The quantitative estimate of drug-likeness (QED) is 0.557. The maximum atomic E-state index is 13.0. The van der Waals surface area contributed by atoms with E-state index in [1.165, 1.54) is 0 Å². The van der Waals surface area contributed by atoms with Gasteiger partial charge in [-0.3, -0.25) is 29.3 Å². The summed E-state index contributed by atoms with van der Waals surface area (Å²) in [6.07, 6.45) is 3.45. The highest BCUT2D eigenvalue weighted by atomic mass is 16.5. The molecule has 3 aliphatic heterocycles. The SMILES string of the molecule is CC(C)NC1CCN(Cc2ccn(C)n2)CC1Oc1ccc2c(c1)CN(C1CCC(=O)NC1=O)C2=O. The van der Waals surface area contributed by atoms with Crippen LogP contribution < -0.4 is 15.4 Å². The Morgan fingerprint density at radius 2 is 2.03 bits per heavy atom. The number of piperidine rings is 2. The van der Waals surface area contributed by atoms with E-state index in [2.05, 4.69) is 34.5 Å². The molecule has 3 unspecified atom stereocenters. The molecular weight excluding hydrogens is 460 g/mol. The third-order valence-electron chi connectivity index (χ3n) is 7.13. The summed E-state index contributed by atoms with van der Waals surface area (Å²) in [5, 5.41) is 10.5. The van der Waals surface area contributed by atoms with Crippen LogP contribution in [0.4, 0.5) is 0 Å². The Bertz CT molecular complexity index is 1160. The van der Waals surface area contributed by atoms with Crippen molar-refractivity contribution in [3.63, 3.8) is 0 Å². The minimum Gasteiger partial charge on any atom is -0.487 e. The van der Waals surface area contributed by atoms with Gasteiger partial charge in [-0.15, -0.1) is 0 Å². The molecule has 0 saturated carbocycles. The van der Waals surface area contributed by atoms with E-state index in [1.807, 2.05) is 36.1 Å². The van der Waals surface area contributed by atoms with Gasteiger partial charge in [0.25, 0.3) is 5.91 Å². The second-order valence-corrected chi connectivity index (χ2v) is 10.3. The standard InChI is InChI=1S/C26H34N6O4/c1-16(2)27-21-9-11-31(14-18-8-10-30(3)29-18)15-23(21)36-19-4-5-20-17(12-19)13-32(26(20)35)22-6-7-24(33)28-25(22)34/h4-5,8,10,12,16,21-23,27H,6-7,9,11,13-15H2,1-3H3,(H,28,33,34). The minimum atomic E-state index is -0.620. The summed E-state index contributed by atoms with van der Waals surface area (Å²) < 4.78 is 8.35. The highest BCUT2D eigenvalue weighted by Crippen LogP contribution is 2.31. The molecule has 0 aliphatic carbocycles. The number of carbonyl (C=O) groups excluding carboxylic acids is 3. The van der Waals surface area contributed by atoms with Gasteiger partial charge in [0.2, 0.25) is 11.8 Å². The summed E-state index contributed by atoms with van der Waals surface area (Å²) >= 11 is 0. The third-order valence-corrected chi connectivity index (χ3v) is 7.13. The number of hydrogen-bond acceptors (Lipinski definition) is 7. The molecule has 36 heavy (non-hydrogen) atoms. The lowest BCUT2D eigenvalue weighted by atomic mass is 10.00. The van der Waals surface area contributed by atoms with E-state index in [-0.39, 0.29) is 30.4 Å². The third kappa shape index (κ3) is 5.15. The lowest BCUT2D eigenvalue weighted by Crippen LogP contribution is -2.56. The smallest absolute Gasteiger partial charge is 0.255 e. The molecule has 3 aliphatic rings. The molecular formula is C26H34N6O4. The van der Waals surface area contributed by atoms with Gasteiger partial charge in [-0.25, -0.2) is 0 Å². The minimum absolute atomic E-state index is 0.0637. The fraction of sp³-hybridized carbons (Fsp3) is 0.538. The van der Waals surface area contributed by atoms with Gasteiger partial charge in [0, 0.05) is 63.5 Å². The number of rotatable bonds is 7. The number of likely N-dealkylation sites (tertiary alicyclic amines) is 1. The maximum absolute atomic E-state index is 13.0. The van der Waals surface area contributed by atoms with Crippen LogP contribution in [0.5, 0.6) is 5.75 Å². The molecule has 2 N–H and O–H groups in total. The largest absolute Gasteiger partial charge is 0.487 e. The fourth-order valence-electron chi connectivity index (χ4n) is 5.44. The number of aryl methyl sites for hydroxylation is 1. The highest BCUT2D eigenvalue weighted by molar-refractivity contribution is 6.05. The fourth-order valence-corrected chi connectivity index (χ4v) is 5.44. The van der Waals surface area contributed by atoms with E-state index >= 15 is 0 Å². The van der Waals surface area contributed by atoms with Crippen molar-refractivity contribution in [2.75, 3.05) is 13.1 Å². The average molecular weight is 495 g/mol.